The van der Waals surface area contributed by atoms with E-state index in [1.807, 2.05) is 13.8 Å². The summed E-state index contributed by atoms with van der Waals surface area (Å²) in [7, 11) is 0. The molecule has 0 aliphatic rings. The van der Waals surface area contributed by atoms with Gasteiger partial charge in [-0.15, -0.1) is 0 Å². The Morgan fingerprint density at radius 1 is 1.44 bits per heavy atom. The highest BCUT2D eigenvalue weighted by Gasteiger charge is 2.14. The maximum atomic E-state index is 12.6. The molecule has 0 saturated heterocycles. The third-order valence-corrected chi connectivity index (χ3v) is 2.57. The molecule has 0 heterocycles. The van der Waals surface area contributed by atoms with Crippen molar-refractivity contribution in [2.75, 3.05) is 5.32 Å². The zero-order chi connectivity index (χ0) is 12.1. The van der Waals surface area contributed by atoms with Crippen LogP contribution in [0.15, 0.2) is 36.4 Å². The molecule has 1 aromatic rings. The Hall–Kier alpha value is -1.64. The van der Waals surface area contributed by atoms with Crippen molar-refractivity contribution in [2.45, 2.75) is 20.3 Å². The Labute approximate surface area is 95.2 Å². The van der Waals surface area contributed by atoms with Crippen LogP contribution >= 0.6 is 0 Å². The van der Waals surface area contributed by atoms with Crippen LogP contribution in [0.3, 0.4) is 0 Å². The van der Waals surface area contributed by atoms with E-state index in [1.54, 1.807) is 0 Å². The molecule has 0 fully saturated rings. The molecular weight excluding hydrogens is 205 g/mol. The molecule has 2 nitrogen and oxygen atoms in total. The van der Waals surface area contributed by atoms with Gasteiger partial charge in [-0.25, -0.2) is 4.39 Å². The molecule has 1 amide bonds. The molecule has 1 N–H and O–H groups in total. The number of anilines is 1. The lowest BCUT2D eigenvalue weighted by atomic mass is 10.00. The van der Waals surface area contributed by atoms with Gasteiger partial charge < -0.3 is 5.32 Å². The minimum atomic E-state index is -0.316. The summed E-state index contributed by atoms with van der Waals surface area (Å²) in [4.78, 5) is 11.7. The molecule has 0 spiro atoms. The van der Waals surface area contributed by atoms with E-state index in [-0.39, 0.29) is 17.6 Å². The summed E-state index contributed by atoms with van der Waals surface area (Å²) in [6, 6.07) is 5.70. The van der Waals surface area contributed by atoms with E-state index in [9.17, 15) is 9.18 Å². The van der Waals surface area contributed by atoms with Crippen LogP contribution in [0.2, 0.25) is 0 Å². The standard InChI is InChI=1S/C13H16FNO/c1-4-9(2)10(3)13(16)15-12-7-5-11(14)6-8-12/h5-8,10H,2,4H2,1,3H3,(H,15,16). The van der Waals surface area contributed by atoms with Crippen molar-refractivity contribution < 1.29 is 9.18 Å². The second-order valence-corrected chi connectivity index (χ2v) is 3.73. The maximum absolute atomic E-state index is 12.6. The monoisotopic (exact) mass is 221 g/mol. The van der Waals surface area contributed by atoms with E-state index in [0.29, 0.717) is 5.69 Å². The minimum absolute atomic E-state index is 0.113. The zero-order valence-electron chi connectivity index (χ0n) is 9.59. The van der Waals surface area contributed by atoms with Gasteiger partial charge in [0.25, 0.3) is 0 Å². The molecule has 1 atom stereocenters. The smallest absolute Gasteiger partial charge is 0.231 e. The van der Waals surface area contributed by atoms with Gasteiger partial charge in [-0.2, -0.15) is 0 Å². The second-order valence-electron chi connectivity index (χ2n) is 3.73. The minimum Gasteiger partial charge on any atom is -0.326 e. The average molecular weight is 221 g/mol. The lowest BCUT2D eigenvalue weighted by molar-refractivity contribution is -0.118. The number of nitrogens with one attached hydrogen (secondary N) is 1. The third-order valence-electron chi connectivity index (χ3n) is 2.57. The number of rotatable bonds is 4. The van der Waals surface area contributed by atoms with Gasteiger partial charge in [-0.1, -0.05) is 19.1 Å². The molecule has 0 radical (unpaired) electrons. The Morgan fingerprint density at radius 3 is 2.50 bits per heavy atom. The summed E-state index contributed by atoms with van der Waals surface area (Å²) in [6.45, 7) is 7.60. The predicted molar refractivity (Wildman–Crippen MR) is 63.6 cm³/mol. The molecular formula is C13H16FNO. The number of hydrogen-bond acceptors (Lipinski definition) is 1. The summed E-state index contributed by atoms with van der Waals surface area (Å²) in [5.74, 6) is -0.655. The molecule has 0 aliphatic heterocycles. The maximum Gasteiger partial charge on any atom is 0.231 e. The van der Waals surface area contributed by atoms with Gasteiger partial charge in [0.2, 0.25) is 5.91 Å². The number of hydrogen-bond donors (Lipinski definition) is 1. The van der Waals surface area contributed by atoms with E-state index in [1.165, 1.54) is 24.3 Å². The zero-order valence-corrected chi connectivity index (χ0v) is 9.59. The number of benzene rings is 1. The molecule has 0 aromatic heterocycles. The van der Waals surface area contributed by atoms with Crippen LogP contribution in [0.5, 0.6) is 0 Å². The van der Waals surface area contributed by atoms with Gasteiger partial charge in [-0.3, -0.25) is 4.79 Å². The highest BCUT2D eigenvalue weighted by Crippen LogP contribution is 2.15. The third kappa shape index (κ3) is 3.19. The number of carbonyl (C=O) groups is 1. The van der Waals surface area contributed by atoms with Crippen molar-refractivity contribution in [3.63, 3.8) is 0 Å². The molecule has 1 aromatic carbocycles. The van der Waals surface area contributed by atoms with Crippen molar-refractivity contribution in [3.8, 4) is 0 Å². The highest BCUT2D eigenvalue weighted by molar-refractivity contribution is 5.93. The molecule has 3 heteroatoms. The van der Waals surface area contributed by atoms with Crippen molar-refractivity contribution in [1.82, 2.24) is 0 Å². The molecule has 1 unspecified atom stereocenters. The fraction of sp³-hybridized carbons (Fsp3) is 0.308. The summed E-state index contributed by atoms with van der Waals surface area (Å²) >= 11 is 0. The van der Waals surface area contributed by atoms with Gasteiger partial charge in [-0.05, 0) is 37.6 Å². The fourth-order valence-electron chi connectivity index (χ4n) is 1.28. The number of amides is 1. The van der Waals surface area contributed by atoms with Gasteiger partial charge in [0.1, 0.15) is 5.82 Å². The summed E-state index contributed by atoms with van der Waals surface area (Å²) < 4.78 is 12.6. The van der Waals surface area contributed by atoms with Gasteiger partial charge in [0.15, 0.2) is 0 Å². The quantitative estimate of drug-likeness (QED) is 0.776. The Balaban J connectivity index is 2.64. The molecule has 0 aliphatic carbocycles. The fourth-order valence-corrected chi connectivity index (χ4v) is 1.28. The van der Waals surface area contributed by atoms with E-state index >= 15 is 0 Å². The summed E-state index contributed by atoms with van der Waals surface area (Å²) in [6.07, 6.45) is 0.776. The van der Waals surface area contributed by atoms with Crippen molar-refractivity contribution in [2.24, 2.45) is 5.92 Å². The predicted octanol–water partition coefficient (Wildman–Crippen LogP) is 3.37. The number of halogens is 1. The topological polar surface area (TPSA) is 29.1 Å². The first-order chi connectivity index (χ1) is 7.54. The largest absolute Gasteiger partial charge is 0.326 e. The van der Waals surface area contributed by atoms with Crippen LogP contribution in [0, 0.1) is 11.7 Å². The first-order valence-corrected chi connectivity index (χ1v) is 5.28. The van der Waals surface area contributed by atoms with Crippen LogP contribution in [0.25, 0.3) is 0 Å². The van der Waals surface area contributed by atoms with Crippen LogP contribution in [0.4, 0.5) is 10.1 Å². The van der Waals surface area contributed by atoms with Gasteiger partial charge in [0, 0.05) is 5.69 Å². The van der Waals surface area contributed by atoms with Crippen molar-refractivity contribution in [3.05, 3.63) is 42.2 Å². The Morgan fingerprint density at radius 2 is 2.00 bits per heavy atom. The van der Waals surface area contributed by atoms with Crippen LogP contribution < -0.4 is 5.32 Å². The van der Waals surface area contributed by atoms with E-state index in [0.717, 1.165) is 12.0 Å². The van der Waals surface area contributed by atoms with Crippen molar-refractivity contribution >= 4 is 11.6 Å². The second kappa shape index (κ2) is 5.45. The Kier molecular flexibility index (Phi) is 4.23. The van der Waals surface area contributed by atoms with E-state index in [4.69, 9.17) is 0 Å². The van der Waals surface area contributed by atoms with Crippen molar-refractivity contribution in [1.29, 1.82) is 0 Å². The van der Waals surface area contributed by atoms with Gasteiger partial charge in [0.05, 0.1) is 5.92 Å². The number of carbonyl (C=O) groups excluding carboxylic acids is 1. The van der Waals surface area contributed by atoms with Crippen LogP contribution in [-0.2, 0) is 4.79 Å². The van der Waals surface area contributed by atoms with Crippen LogP contribution in [-0.4, -0.2) is 5.91 Å². The first-order valence-electron chi connectivity index (χ1n) is 5.28. The lowest BCUT2D eigenvalue weighted by Gasteiger charge is -2.13. The molecule has 16 heavy (non-hydrogen) atoms. The van der Waals surface area contributed by atoms with Gasteiger partial charge >= 0.3 is 0 Å². The molecule has 1 rings (SSSR count). The first kappa shape index (κ1) is 12.4. The average Bonchev–Trinajstić information content (AvgIpc) is 2.30. The molecule has 0 saturated carbocycles. The summed E-state index contributed by atoms with van der Waals surface area (Å²) in [5.41, 5.74) is 1.49. The normalized spacial score (nSPS) is 11.9. The van der Waals surface area contributed by atoms with Crippen LogP contribution in [0.1, 0.15) is 20.3 Å². The van der Waals surface area contributed by atoms with E-state index < -0.39 is 0 Å². The Bertz CT molecular complexity index is 383. The molecule has 86 valence electrons. The summed E-state index contributed by atoms with van der Waals surface area (Å²) in [5, 5.41) is 2.72. The highest BCUT2D eigenvalue weighted by atomic mass is 19.1. The SMILES string of the molecule is C=C(CC)C(C)C(=O)Nc1ccc(F)cc1. The van der Waals surface area contributed by atoms with E-state index in [2.05, 4.69) is 11.9 Å². The molecule has 0 bridgehead atoms. The lowest BCUT2D eigenvalue weighted by Crippen LogP contribution is -2.21.